The van der Waals surface area contributed by atoms with Gasteiger partial charge in [-0.3, -0.25) is 0 Å². The smallest absolute Gasteiger partial charge is 0.00694 e. The van der Waals surface area contributed by atoms with Crippen LogP contribution in [0.4, 0.5) is 0 Å². The molecule has 0 saturated heterocycles. The van der Waals surface area contributed by atoms with Gasteiger partial charge in [-0.15, -0.1) is 0 Å². The second-order valence-corrected chi connectivity index (χ2v) is 6.96. The van der Waals surface area contributed by atoms with E-state index in [-0.39, 0.29) is 0 Å². The van der Waals surface area contributed by atoms with E-state index in [0.29, 0.717) is 12.1 Å². The minimum absolute atomic E-state index is 0.670. The fourth-order valence-corrected chi connectivity index (χ4v) is 3.30. The Morgan fingerprint density at radius 1 is 0.579 bits per heavy atom. The van der Waals surface area contributed by atoms with Crippen molar-refractivity contribution >= 4 is 0 Å². The molecule has 0 heterocycles. The molecule has 2 aliphatic rings. The lowest BCUT2D eigenvalue weighted by atomic mass is 9.95. The van der Waals surface area contributed by atoms with Crippen molar-refractivity contribution in [1.29, 1.82) is 0 Å². The van der Waals surface area contributed by atoms with Crippen molar-refractivity contribution in [3.05, 3.63) is 0 Å². The Morgan fingerprint density at radius 2 is 0.895 bits per heavy atom. The maximum Gasteiger partial charge on any atom is 0.00694 e. The molecule has 2 aliphatic carbocycles. The minimum atomic E-state index is 0.670. The summed E-state index contributed by atoms with van der Waals surface area (Å²) < 4.78 is 0. The quantitative estimate of drug-likeness (QED) is 0.796. The monoisotopic (exact) mass is 268 g/mol. The topological polar surface area (TPSA) is 24.1 Å². The van der Waals surface area contributed by atoms with Crippen LogP contribution in [-0.2, 0) is 0 Å². The fourth-order valence-electron chi connectivity index (χ4n) is 3.30. The lowest BCUT2D eigenvalue weighted by Crippen LogP contribution is -2.35. The van der Waals surface area contributed by atoms with Gasteiger partial charge in [-0.1, -0.05) is 59.8 Å². The van der Waals surface area contributed by atoms with Crippen molar-refractivity contribution < 1.29 is 0 Å². The summed E-state index contributed by atoms with van der Waals surface area (Å²) in [5.41, 5.74) is 0. The summed E-state index contributed by atoms with van der Waals surface area (Å²) in [4.78, 5) is 0. The second kappa shape index (κ2) is 9.77. The molecule has 0 aromatic rings. The average Bonchev–Trinajstić information content (AvgIpc) is 2.82. The van der Waals surface area contributed by atoms with Crippen LogP contribution in [0.5, 0.6) is 0 Å². The zero-order valence-corrected chi connectivity index (χ0v) is 13.7. The van der Waals surface area contributed by atoms with E-state index >= 15 is 0 Å². The highest BCUT2D eigenvalue weighted by Gasteiger charge is 2.14. The van der Waals surface area contributed by atoms with Gasteiger partial charge in [0.2, 0.25) is 0 Å². The molecule has 2 saturated carbocycles. The molecule has 2 rings (SSSR count). The van der Waals surface area contributed by atoms with Gasteiger partial charge in [0.05, 0.1) is 0 Å². The molecule has 2 nitrogen and oxygen atoms in total. The van der Waals surface area contributed by atoms with Crippen molar-refractivity contribution in [1.82, 2.24) is 10.6 Å². The van der Waals surface area contributed by atoms with Crippen LogP contribution in [0.15, 0.2) is 0 Å². The van der Waals surface area contributed by atoms with Gasteiger partial charge in [-0.2, -0.15) is 0 Å². The van der Waals surface area contributed by atoms with Crippen LogP contribution < -0.4 is 10.6 Å². The lowest BCUT2D eigenvalue weighted by molar-refractivity contribution is 0.352. The Hall–Kier alpha value is -0.0800. The molecular weight excluding hydrogens is 232 g/mol. The fraction of sp³-hybridized carbons (Fsp3) is 1.00. The van der Waals surface area contributed by atoms with E-state index in [1.165, 1.54) is 57.8 Å². The van der Waals surface area contributed by atoms with Crippen LogP contribution in [0.3, 0.4) is 0 Å². The van der Waals surface area contributed by atoms with E-state index < -0.39 is 0 Å². The predicted molar refractivity (Wildman–Crippen MR) is 85.7 cm³/mol. The van der Waals surface area contributed by atoms with E-state index in [4.69, 9.17) is 0 Å². The molecule has 0 aromatic carbocycles. The number of hydrogen-bond acceptors (Lipinski definition) is 2. The van der Waals surface area contributed by atoms with Gasteiger partial charge in [-0.05, 0) is 25.7 Å². The van der Waals surface area contributed by atoms with Crippen LogP contribution in [0.1, 0.15) is 85.5 Å². The molecule has 2 N–H and O–H groups in total. The number of hydrogen-bond donors (Lipinski definition) is 2. The first-order valence-electron chi connectivity index (χ1n) is 8.60. The Kier molecular flexibility index (Phi) is 8.72. The molecule has 0 atom stereocenters. The van der Waals surface area contributed by atoms with Crippen LogP contribution in [0.2, 0.25) is 0 Å². The highest BCUT2D eigenvalue weighted by molar-refractivity contribution is 4.75. The first-order chi connectivity index (χ1) is 9.08. The first kappa shape index (κ1) is 17.0. The highest BCUT2D eigenvalue weighted by Crippen LogP contribution is 2.18. The third kappa shape index (κ3) is 8.65. The van der Waals surface area contributed by atoms with E-state index in [9.17, 15) is 0 Å². The minimum Gasteiger partial charge on any atom is -0.312 e. The predicted octanol–water partition coefficient (Wildman–Crippen LogP) is 4.24. The molecule has 0 bridgehead atoms. The van der Waals surface area contributed by atoms with E-state index in [1.54, 1.807) is 0 Å². The Balaban J connectivity index is 0.000000191. The third-order valence-corrected chi connectivity index (χ3v) is 4.10. The number of rotatable bonds is 4. The van der Waals surface area contributed by atoms with Crippen LogP contribution in [-0.4, -0.2) is 24.2 Å². The SMILES string of the molecule is CC(C)NC1CCCC1.CC(C)NC1CCCCC1. The molecular formula is C17H36N2. The third-order valence-electron chi connectivity index (χ3n) is 4.10. The summed E-state index contributed by atoms with van der Waals surface area (Å²) in [5.74, 6) is 0. The summed E-state index contributed by atoms with van der Waals surface area (Å²) in [7, 11) is 0. The molecule has 0 aliphatic heterocycles. The van der Waals surface area contributed by atoms with Crippen molar-refractivity contribution in [2.45, 2.75) is 110 Å². The summed E-state index contributed by atoms with van der Waals surface area (Å²) in [6, 6.07) is 3.01. The van der Waals surface area contributed by atoms with E-state index in [0.717, 1.165) is 12.1 Å². The van der Waals surface area contributed by atoms with E-state index in [1.807, 2.05) is 0 Å². The van der Waals surface area contributed by atoms with Crippen molar-refractivity contribution in [3.63, 3.8) is 0 Å². The summed E-state index contributed by atoms with van der Waals surface area (Å²) in [5, 5.41) is 7.12. The van der Waals surface area contributed by atoms with E-state index in [2.05, 4.69) is 38.3 Å². The molecule has 0 aromatic heterocycles. The van der Waals surface area contributed by atoms with Gasteiger partial charge >= 0.3 is 0 Å². The number of nitrogens with one attached hydrogen (secondary N) is 2. The molecule has 2 heteroatoms. The molecule has 2 fully saturated rings. The zero-order chi connectivity index (χ0) is 14.1. The standard InChI is InChI=1S/C9H19N.C8H17N/c1-8(2)10-9-6-4-3-5-7-9;1-7(2)9-8-5-3-4-6-8/h8-10H,3-7H2,1-2H3;7-9H,3-6H2,1-2H3. The van der Waals surface area contributed by atoms with Gasteiger partial charge in [0.1, 0.15) is 0 Å². The van der Waals surface area contributed by atoms with Crippen molar-refractivity contribution in [2.75, 3.05) is 0 Å². The Morgan fingerprint density at radius 3 is 1.21 bits per heavy atom. The van der Waals surface area contributed by atoms with Gasteiger partial charge in [0.15, 0.2) is 0 Å². The largest absolute Gasteiger partial charge is 0.312 e. The van der Waals surface area contributed by atoms with Crippen molar-refractivity contribution in [3.8, 4) is 0 Å². The highest BCUT2D eigenvalue weighted by atomic mass is 14.9. The molecule has 0 radical (unpaired) electrons. The molecule has 114 valence electrons. The van der Waals surface area contributed by atoms with Gasteiger partial charge < -0.3 is 10.6 Å². The average molecular weight is 268 g/mol. The van der Waals surface area contributed by atoms with Crippen LogP contribution in [0, 0.1) is 0 Å². The lowest BCUT2D eigenvalue weighted by Gasteiger charge is -2.24. The van der Waals surface area contributed by atoms with Gasteiger partial charge in [0, 0.05) is 24.2 Å². The molecule has 0 unspecified atom stereocenters. The summed E-state index contributed by atoms with van der Waals surface area (Å²) in [6.07, 6.45) is 12.8. The first-order valence-corrected chi connectivity index (χ1v) is 8.60. The molecule has 0 spiro atoms. The Labute approximate surface area is 121 Å². The van der Waals surface area contributed by atoms with Crippen LogP contribution in [0.25, 0.3) is 0 Å². The molecule has 19 heavy (non-hydrogen) atoms. The van der Waals surface area contributed by atoms with Gasteiger partial charge in [0.25, 0.3) is 0 Å². The van der Waals surface area contributed by atoms with Crippen molar-refractivity contribution in [2.24, 2.45) is 0 Å². The summed E-state index contributed by atoms with van der Waals surface area (Å²) >= 11 is 0. The molecule has 0 amide bonds. The Bertz CT molecular complexity index is 201. The van der Waals surface area contributed by atoms with Crippen LogP contribution >= 0.6 is 0 Å². The second-order valence-electron chi connectivity index (χ2n) is 6.96. The summed E-state index contributed by atoms with van der Waals surface area (Å²) in [6.45, 7) is 8.90. The maximum atomic E-state index is 3.58. The maximum absolute atomic E-state index is 3.58. The normalized spacial score (nSPS) is 21.8. The van der Waals surface area contributed by atoms with Gasteiger partial charge in [-0.25, -0.2) is 0 Å². The zero-order valence-electron chi connectivity index (χ0n) is 13.7.